The largest absolute Gasteiger partial charge is 0.508 e. The minimum atomic E-state index is -0.715. The highest BCUT2D eigenvalue weighted by Gasteiger charge is 2.35. The lowest BCUT2D eigenvalue weighted by atomic mass is 9.88. The molecule has 0 aromatic heterocycles. The molecule has 64 valence electrons. The summed E-state index contributed by atoms with van der Waals surface area (Å²) in [4.78, 5) is 0. The molecule has 1 aromatic carbocycles. The Bertz CT molecular complexity index is 277. The van der Waals surface area contributed by atoms with E-state index in [0.29, 0.717) is 13.1 Å². The molecule has 0 atom stereocenters. The maximum absolute atomic E-state index is 9.83. The maximum Gasteiger partial charge on any atom is 0.115 e. The summed E-state index contributed by atoms with van der Waals surface area (Å²) in [6, 6.07) is 6.67. The fourth-order valence-corrected chi connectivity index (χ4v) is 1.34. The van der Waals surface area contributed by atoms with E-state index in [-0.39, 0.29) is 5.75 Å². The zero-order valence-corrected chi connectivity index (χ0v) is 6.62. The van der Waals surface area contributed by atoms with Crippen LogP contribution in [-0.4, -0.2) is 23.3 Å². The smallest absolute Gasteiger partial charge is 0.115 e. The summed E-state index contributed by atoms with van der Waals surface area (Å²) in [6.07, 6.45) is 0. The Morgan fingerprint density at radius 2 is 1.75 bits per heavy atom. The molecule has 1 aliphatic rings. The van der Waals surface area contributed by atoms with Gasteiger partial charge in [0.1, 0.15) is 11.4 Å². The van der Waals surface area contributed by atoms with Crippen LogP contribution >= 0.6 is 0 Å². The lowest BCUT2D eigenvalue weighted by Crippen LogP contribution is -2.56. The van der Waals surface area contributed by atoms with Crippen molar-refractivity contribution in [2.75, 3.05) is 13.1 Å². The van der Waals surface area contributed by atoms with Gasteiger partial charge in [0, 0.05) is 13.1 Å². The molecule has 0 saturated carbocycles. The Balaban J connectivity index is 2.28. The van der Waals surface area contributed by atoms with Crippen LogP contribution in [0.1, 0.15) is 5.56 Å². The molecular formula is C9H11NO2. The highest BCUT2D eigenvalue weighted by molar-refractivity contribution is 5.31. The first-order valence-corrected chi connectivity index (χ1v) is 3.93. The van der Waals surface area contributed by atoms with Gasteiger partial charge in [-0.25, -0.2) is 0 Å². The number of nitrogens with one attached hydrogen (secondary N) is 1. The molecule has 2 rings (SSSR count). The third kappa shape index (κ3) is 1.07. The molecule has 0 amide bonds. The molecular weight excluding hydrogens is 154 g/mol. The van der Waals surface area contributed by atoms with Crippen molar-refractivity contribution in [3.63, 3.8) is 0 Å². The van der Waals surface area contributed by atoms with Crippen LogP contribution in [0.5, 0.6) is 5.75 Å². The summed E-state index contributed by atoms with van der Waals surface area (Å²) in [5, 5.41) is 21.8. The number of phenolic OH excluding ortho intramolecular Hbond substituents is 1. The van der Waals surface area contributed by atoms with Crippen molar-refractivity contribution in [2.45, 2.75) is 5.60 Å². The van der Waals surface area contributed by atoms with Crippen molar-refractivity contribution >= 4 is 0 Å². The number of β-amino-alcohol motifs (C(OH)–C–C–N with tert-alkyl or cyclic N) is 1. The first-order chi connectivity index (χ1) is 5.71. The van der Waals surface area contributed by atoms with Crippen molar-refractivity contribution in [3.05, 3.63) is 29.8 Å². The first kappa shape index (κ1) is 7.58. The topological polar surface area (TPSA) is 52.5 Å². The van der Waals surface area contributed by atoms with Gasteiger partial charge in [-0.3, -0.25) is 0 Å². The molecule has 0 spiro atoms. The molecule has 3 heteroatoms. The quantitative estimate of drug-likeness (QED) is 0.556. The van der Waals surface area contributed by atoms with Crippen molar-refractivity contribution in [1.82, 2.24) is 5.32 Å². The van der Waals surface area contributed by atoms with E-state index in [4.69, 9.17) is 5.11 Å². The van der Waals surface area contributed by atoms with Crippen LogP contribution in [0.3, 0.4) is 0 Å². The second kappa shape index (κ2) is 2.47. The van der Waals surface area contributed by atoms with Crippen molar-refractivity contribution in [3.8, 4) is 5.75 Å². The Morgan fingerprint density at radius 3 is 2.17 bits per heavy atom. The van der Waals surface area contributed by atoms with Gasteiger partial charge < -0.3 is 15.5 Å². The number of benzene rings is 1. The fraction of sp³-hybridized carbons (Fsp3) is 0.333. The van der Waals surface area contributed by atoms with E-state index in [2.05, 4.69) is 5.32 Å². The average Bonchev–Trinajstić information content (AvgIpc) is 2.02. The highest BCUT2D eigenvalue weighted by Crippen LogP contribution is 2.26. The Kier molecular flexibility index (Phi) is 1.56. The Labute approximate surface area is 70.7 Å². The first-order valence-electron chi connectivity index (χ1n) is 3.93. The molecule has 1 aromatic rings. The van der Waals surface area contributed by atoms with Gasteiger partial charge in [0.05, 0.1) is 0 Å². The van der Waals surface area contributed by atoms with Crippen LogP contribution in [0, 0.1) is 0 Å². The molecule has 0 bridgehead atoms. The average molecular weight is 165 g/mol. The lowest BCUT2D eigenvalue weighted by Gasteiger charge is -2.37. The number of aromatic hydroxyl groups is 1. The van der Waals surface area contributed by atoms with Crippen LogP contribution in [0.4, 0.5) is 0 Å². The molecule has 0 unspecified atom stereocenters. The second-order valence-electron chi connectivity index (χ2n) is 3.18. The van der Waals surface area contributed by atoms with E-state index in [1.165, 1.54) is 0 Å². The fourth-order valence-electron chi connectivity index (χ4n) is 1.34. The minimum absolute atomic E-state index is 0.231. The molecule has 0 aliphatic carbocycles. The van der Waals surface area contributed by atoms with Gasteiger partial charge in [-0.05, 0) is 17.7 Å². The van der Waals surface area contributed by atoms with E-state index in [0.717, 1.165) is 5.56 Å². The predicted molar refractivity (Wildman–Crippen MR) is 44.9 cm³/mol. The van der Waals surface area contributed by atoms with Gasteiger partial charge in [-0.1, -0.05) is 12.1 Å². The molecule has 1 saturated heterocycles. The van der Waals surface area contributed by atoms with Crippen molar-refractivity contribution < 1.29 is 10.2 Å². The van der Waals surface area contributed by atoms with E-state index < -0.39 is 5.60 Å². The summed E-state index contributed by atoms with van der Waals surface area (Å²) in [7, 11) is 0. The zero-order chi connectivity index (χ0) is 8.60. The van der Waals surface area contributed by atoms with Crippen LogP contribution in [0.15, 0.2) is 24.3 Å². The Morgan fingerprint density at radius 1 is 1.17 bits per heavy atom. The van der Waals surface area contributed by atoms with Crippen LogP contribution < -0.4 is 5.32 Å². The van der Waals surface area contributed by atoms with E-state index in [1.54, 1.807) is 24.3 Å². The van der Waals surface area contributed by atoms with Crippen LogP contribution in [0.25, 0.3) is 0 Å². The lowest BCUT2D eigenvalue weighted by molar-refractivity contribution is -0.0146. The third-order valence-corrected chi connectivity index (χ3v) is 2.24. The van der Waals surface area contributed by atoms with Gasteiger partial charge in [0.15, 0.2) is 0 Å². The monoisotopic (exact) mass is 165 g/mol. The molecule has 3 nitrogen and oxygen atoms in total. The van der Waals surface area contributed by atoms with Crippen LogP contribution in [-0.2, 0) is 5.60 Å². The molecule has 3 N–H and O–H groups in total. The summed E-state index contributed by atoms with van der Waals surface area (Å²) in [5.41, 5.74) is 0.146. The van der Waals surface area contributed by atoms with Crippen molar-refractivity contribution in [1.29, 1.82) is 0 Å². The number of hydrogen-bond donors (Lipinski definition) is 3. The van der Waals surface area contributed by atoms with E-state index in [9.17, 15) is 5.11 Å². The predicted octanol–water partition coefficient (Wildman–Crippen LogP) is 0.183. The number of hydrogen-bond acceptors (Lipinski definition) is 3. The third-order valence-electron chi connectivity index (χ3n) is 2.24. The SMILES string of the molecule is Oc1ccc(C2(O)CNC2)cc1. The van der Waals surface area contributed by atoms with Gasteiger partial charge in [-0.2, -0.15) is 0 Å². The summed E-state index contributed by atoms with van der Waals surface area (Å²) in [6.45, 7) is 1.19. The minimum Gasteiger partial charge on any atom is -0.508 e. The summed E-state index contributed by atoms with van der Waals surface area (Å²) >= 11 is 0. The van der Waals surface area contributed by atoms with E-state index >= 15 is 0 Å². The summed E-state index contributed by atoms with van der Waals surface area (Å²) < 4.78 is 0. The van der Waals surface area contributed by atoms with E-state index in [1.807, 2.05) is 0 Å². The maximum atomic E-state index is 9.83. The van der Waals surface area contributed by atoms with Gasteiger partial charge in [0.2, 0.25) is 0 Å². The molecule has 1 heterocycles. The molecule has 1 fully saturated rings. The number of rotatable bonds is 1. The van der Waals surface area contributed by atoms with Gasteiger partial charge in [-0.15, -0.1) is 0 Å². The van der Waals surface area contributed by atoms with Gasteiger partial charge in [0.25, 0.3) is 0 Å². The Hall–Kier alpha value is -1.06. The standard InChI is InChI=1S/C9H11NO2/c11-8-3-1-7(2-4-8)9(12)5-10-6-9/h1-4,10-12H,5-6H2. The summed E-state index contributed by atoms with van der Waals surface area (Å²) in [5.74, 6) is 0.231. The van der Waals surface area contributed by atoms with Crippen molar-refractivity contribution in [2.24, 2.45) is 0 Å². The number of phenols is 1. The normalized spacial score (nSPS) is 20.1. The van der Waals surface area contributed by atoms with Crippen LogP contribution in [0.2, 0.25) is 0 Å². The molecule has 1 aliphatic heterocycles. The number of aliphatic hydroxyl groups is 1. The highest BCUT2D eigenvalue weighted by atomic mass is 16.3. The van der Waals surface area contributed by atoms with Gasteiger partial charge >= 0.3 is 0 Å². The zero-order valence-electron chi connectivity index (χ0n) is 6.62. The molecule has 12 heavy (non-hydrogen) atoms. The molecule has 0 radical (unpaired) electrons. The second-order valence-corrected chi connectivity index (χ2v) is 3.18.